The molecule has 0 radical (unpaired) electrons. The Kier molecular flexibility index (Phi) is 7.87. The number of carbonyl (C=O) groups is 2. The maximum absolute atomic E-state index is 12.0. The molecule has 24 heavy (non-hydrogen) atoms. The lowest BCUT2D eigenvalue weighted by Gasteiger charge is -2.09. The lowest BCUT2D eigenvalue weighted by Crippen LogP contribution is -2.35. The zero-order chi connectivity index (χ0) is 18.2. The van der Waals surface area contributed by atoms with Gasteiger partial charge in [-0.25, -0.2) is 13.1 Å². The highest BCUT2D eigenvalue weighted by Gasteiger charge is 2.10. The largest absolute Gasteiger partial charge is 0.351 e. The maximum atomic E-state index is 12.0. The highest BCUT2D eigenvalue weighted by atomic mass is 32.2. The van der Waals surface area contributed by atoms with Gasteiger partial charge < -0.3 is 10.6 Å². The number of nitrogens with one attached hydrogen (secondary N) is 3. The predicted molar refractivity (Wildman–Crippen MR) is 94.3 cm³/mol. The van der Waals surface area contributed by atoms with Crippen molar-refractivity contribution in [3.05, 3.63) is 29.8 Å². The Morgan fingerprint density at radius 1 is 1.08 bits per heavy atom. The molecule has 0 fully saturated rings. The molecule has 0 bridgehead atoms. The molecule has 0 aromatic heterocycles. The molecule has 0 atom stereocenters. The minimum Gasteiger partial charge on any atom is -0.351 e. The molecule has 3 N–H and O–H groups in total. The van der Waals surface area contributed by atoms with Gasteiger partial charge in [-0.2, -0.15) is 0 Å². The second-order valence-electron chi connectivity index (χ2n) is 5.69. The zero-order valence-corrected chi connectivity index (χ0v) is 15.1. The fourth-order valence-corrected chi connectivity index (χ4v) is 2.91. The Bertz CT molecular complexity index is 654. The van der Waals surface area contributed by atoms with Crippen LogP contribution in [0, 0.1) is 5.92 Å². The van der Waals surface area contributed by atoms with E-state index < -0.39 is 10.0 Å². The fourth-order valence-electron chi connectivity index (χ4n) is 1.82. The molecule has 0 unspecified atom stereocenters. The van der Waals surface area contributed by atoms with Crippen molar-refractivity contribution in [1.29, 1.82) is 0 Å². The molecule has 0 saturated heterocycles. The summed E-state index contributed by atoms with van der Waals surface area (Å²) in [6.45, 7) is 5.73. The summed E-state index contributed by atoms with van der Waals surface area (Å²) in [7, 11) is -3.26. The number of carbonyl (C=O) groups excluding carboxylic acids is 2. The Morgan fingerprint density at radius 3 is 2.25 bits per heavy atom. The molecule has 0 aliphatic carbocycles. The van der Waals surface area contributed by atoms with Gasteiger partial charge in [0.1, 0.15) is 0 Å². The molecule has 134 valence electrons. The van der Waals surface area contributed by atoms with Gasteiger partial charge in [0.15, 0.2) is 0 Å². The molecule has 0 heterocycles. The molecule has 1 aromatic rings. The van der Waals surface area contributed by atoms with E-state index in [9.17, 15) is 18.0 Å². The van der Waals surface area contributed by atoms with Gasteiger partial charge in [0.05, 0.1) is 5.75 Å². The quantitative estimate of drug-likeness (QED) is 0.581. The first-order valence-corrected chi connectivity index (χ1v) is 9.57. The minimum absolute atomic E-state index is 0.0739. The van der Waals surface area contributed by atoms with Crippen LogP contribution in [-0.2, 0) is 14.8 Å². The van der Waals surface area contributed by atoms with Crippen LogP contribution in [0.2, 0.25) is 0 Å². The molecular weight excluding hydrogens is 330 g/mol. The Balaban J connectivity index is 2.44. The second kappa shape index (κ2) is 9.39. The number of rotatable bonds is 9. The zero-order valence-electron chi connectivity index (χ0n) is 14.3. The average Bonchev–Trinajstić information content (AvgIpc) is 2.52. The number of hydrogen-bond acceptors (Lipinski definition) is 4. The second-order valence-corrected chi connectivity index (χ2v) is 7.62. The monoisotopic (exact) mass is 355 g/mol. The molecule has 1 aromatic carbocycles. The Morgan fingerprint density at radius 2 is 1.71 bits per heavy atom. The van der Waals surface area contributed by atoms with Crippen LogP contribution in [0.25, 0.3) is 0 Å². The van der Waals surface area contributed by atoms with Gasteiger partial charge in [0, 0.05) is 30.3 Å². The molecule has 0 saturated carbocycles. The highest BCUT2D eigenvalue weighted by molar-refractivity contribution is 7.89. The van der Waals surface area contributed by atoms with Crippen LogP contribution in [0.1, 0.15) is 37.6 Å². The predicted octanol–water partition coefficient (Wildman–Crippen LogP) is 1.34. The lowest BCUT2D eigenvalue weighted by molar-refractivity contribution is -0.118. The van der Waals surface area contributed by atoms with E-state index in [0.717, 1.165) is 0 Å². The van der Waals surface area contributed by atoms with Crippen LogP contribution in [0.3, 0.4) is 0 Å². The normalized spacial score (nSPS) is 11.3. The van der Waals surface area contributed by atoms with Crippen molar-refractivity contribution in [2.75, 3.05) is 24.2 Å². The average molecular weight is 355 g/mol. The Labute approximate surface area is 143 Å². The van der Waals surface area contributed by atoms with Gasteiger partial charge in [-0.3, -0.25) is 9.59 Å². The van der Waals surface area contributed by atoms with E-state index >= 15 is 0 Å². The molecule has 0 spiro atoms. The molecular formula is C16H25N3O4S. The minimum atomic E-state index is -3.26. The highest BCUT2D eigenvalue weighted by Crippen LogP contribution is 2.10. The van der Waals surface area contributed by atoms with E-state index in [4.69, 9.17) is 0 Å². The molecule has 7 nitrogen and oxygen atoms in total. The third-order valence-electron chi connectivity index (χ3n) is 3.14. The number of anilines is 1. The van der Waals surface area contributed by atoms with Gasteiger partial charge in [0.25, 0.3) is 5.91 Å². The molecule has 8 heteroatoms. The molecule has 2 amide bonds. The van der Waals surface area contributed by atoms with Crippen molar-refractivity contribution < 1.29 is 18.0 Å². The topological polar surface area (TPSA) is 104 Å². The van der Waals surface area contributed by atoms with Crippen molar-refractivity contribution in [1.82, 2.24) is 10.0 Å². The van der Waals surface area contributed by atoms with E-state index in [1.54, 1.807) is 45.0 Å². The van der Waals surface area contributed by atoms with Crippen molar-refractivity contribution in [3.8, 4) is 0 Å². The van der Waals surface area contributed by atoms with Crippen molar-refractivity contribution >= 4 is 27.5 Å². The number of benzene rings is 1. The molecule has 0 aliphatic heterocycles. The van der Waals surface area contributed by atoms with Crippen LogP contribution < -0.4 is 15.4 Å². The Hall–Kier alpha value is -1.93. The van der Waals surface area contributed by atoms with Crippen LogP contribution in [0.4, 0.5) is 5.69 Å². The summed E-state index contributed by atoms with van der Waals surface area (Å²) in [5.74, 6) is -0.438. The molecule has 0 aliphatic rings. The van der Waals surface area contributed by atoms with Crippen LogP contribution in [0.15, 0.2) is 24.3 Å². The number of hydrogen-bond donors (Lipinski definition) is 3. The lowest BCUT2D eigenvalue weighted by atomic mass is 10.1. The van der Waals surface area contributed by atoms with E-state index in [1.165, 1.54) is 0 Å². The van der Waals surface area contributed by atoms with Crippen molar-refractivity contribution in [2.45, 2.75) is 27.2 Å². The number of sulfonamides is 1. The SMILES string of the molecule is CCCS(=O)(=O)NCCNC(=O)c1ccc(NC(=O)C(C)C)cc1. The van der Waals surface area contributed by atoms with E-state index in [1.807, 2.05) is 0 Å². The van der Waals surface area contributed by atoms with Gasteiger partial charge in [0.2, 0.25) is 15.9 Å². The van der Waals surface area contributed by atoms with Crippen molar-refractivity contribution in [3.63, 3.8) is 0 Å². The van der Waals surface area contributed by atoms with E-state index in [2.05, 4.69) is 15.4 Å². The summed E-state index contributed by atoms with van der Waals surface area (Å²) < 4.78 is 25.3. The number of amides is 2. The van der Waals surface area contributed by atoms with Crippen LogP contribution >= 0.6 is 0 Å². The van der Waals surface area contributed by atoms with E-state index in [0.29, 0.717) is 17.7 Å². The van der Waals surface area contributed by atoms with Gasteiger partial charge in [-0.15, -0.1) is 0 Å². The van der Waals surface area contributed by atoms with Gasteiger partial charge >= 0.3 is 0 Å². The summed E-state index contributed by atoms with van der Waals surface area (Å²) in [4.78, 5) is 23.5. The summed E-state index contributed by atoms with van der Waals surface area (Å²) in [5, 5.41) is 5.38. The summed E-state index contributed by atoms with van der Waals surface area (Å²) in [6.07, 6.45) is 0.543. The van der Waals surface area contributed by atoms with E-state index in [-0.39, 0.29) is 36.6 Å². The first-order valence-electron chi connectivity index (χ1n) is 7.91. The summed E-state index contributed by atoms with van der Waals surface area (Å²) in [6, 6.07) is 6.51. The van der Waals surface area contributed by atoms with Gasteiger partial charge in [-0.1, -0.05) is 20.8 Å². The van der Waals surface area contributed by atoms with Crippen molar-refractivity contribution in [2.24, 2.45) is 5.92 Å². The van der Waals surface area contributed by atoms with Gasteiger partial charge in [-0.05, 0) is 30.7 Å². The van der Waals surface area contributed by atoms with Crippen LogP contribution in [0.5, 0.6) is 0 Å². The summed E-state index contributed by atoms with van der Waals surface area (Å²) in [5.41, 5.74) is 1.06. The fraction of sp³-hybridized carbons (Fsp3) is 0.500. The maximum Gasteiger partial charge on any atom is 0.251 e. The summed E-state index contributed by atoms with van der Waals surface area (Å²) >= 11 is 0. The van der Waals surface area contributed by atoms with Crippen LogP contribution in [-0.4, -0.2) is 39.1 Å². The molecule has 1 rings (SSSR count). The standard InChI is InChI=1S/C16H25N3O4S/c1-4-11-24(22,23)18-10-9-17-16(21)13-5-7-14(8-6-13)19-15(20)12(2)3/h5-8,12,18H,4,9-11H2,1-3H3,(H,17,21)(H,19,20). The first kappa shape index (κ1) is 20.1. The smallest absolute Gasteiger partial charge is 0.251 e. The third kappa shape index (κ3) is 7.10. The third-order valence-corrected chi connectivity index (χ3v) is 4.73. The first-order chi connectivity index (χ1) is 11.2.